The molecule has 0 aliphatic heterocycles. The first-order valence-electron chi connectivity index (χ1n) is 7.49. The Morgan fingerprint density at radius 3 is 2.20 bits per heavy atom. The van der Waals surface area contributed by atoms with E-state index < -0.39 is 4.92 Å². The second-order valence-corrected chi connectivity index (χ2v) is 5.22. The van der Waals surface area contributed by atoms with Crippen molar-refractivity contribution in [2.45, 2.75) is 0 Å². The van der Waals surface area contributed by atoms with Gasteiger partial charge in [0.1, 0.15) is 5.76 Å². The lowest BCUT2D eigenvalue weighted by atomic mass is 10.1. The van der Waals surface area contributed by atoms with E-state index in [-0.39, 0.29) is 11.6 Å². The molecule has 124 valence electrons. The van der Waals surface area contributed by atoms with Crippen LogP contribution in [0.1, 0.15) is 5.76 Å². The molecule has 1 amide bonds. The second-order valence-electron chi connectivity index (χ2n) is 5.22. The van der Waals surface area contributed by atoms with Gasteiger partial charge >= 0.3 is 0 Å². The van der Waals surface area contributed by atoms with E-state index >= 15 is 0 Å². The van der Waals surface area contributed by atoms with Gasteiger partial charge in [-0.1, -0.05) is 12.1 Å². The number of nitrogens with zero attached hydrogens (tertiary/aromatic N) is 1. The van der Waals surface area contributed by atoms with Crippen molar-refractivity contribution in [3.63, 3.8) is 0 Å². The number of amides is 1. The minimum absolute atomic E-state index is 0.0518. The first kappa shape index (κ1) is 16.2. The van der Waals surface area contributed by atoms with Crippen LogP contribution in [-0.4, -0.2) is 10.8 Å². The highest BCUT2D eigenvalue weighted by atomic mass is 16.6. The molecule has 0 aliphatic carbocycles. The third kappa shape index (κ3) is 4.20. The molecule has 2 aromatic carbocycles. The molecule has 0 unspecified atom stereocenters. The summed E-state index contributed by atoms with van der Waals surface area (Å²) in [5.41, 5.74) is 2.47. The fourth-order valence-corrected chi connectivity index (χ4v) is 2.25. The maximum Gasteiger partial charge on any atom is 0.269 e. The average Bonchev–Trinajstić information content (AvgIpc) is 3.14. The Labute approximate surface area is 143 Å². The summed E-state index contributed by atoms with van der Waals surface area (Å²) < 4.78 is 5.11. The number of non-ortho nitro benzene ring substituents is 1. The van der Waals surface area contributed by atoms with E-state index in [2.05, 4.69) is 5.32 Å². The van der Waals surface area contributed by atoms with E-state index in [1.54, 1.807) is 42.5 Å². The Bertz CT molecular complexity index is 896. The summed E-state index contributed by atoms with van der Waals surface area (Å²) in [5, 5.41) is 13.4. The molecule has 0 atom stereocenters. The zero-order valence-corrected chi connectivity index (χ0v) is 13.1. The van der Waals surface area contributed by atoms with Gasteiger partial charge in [0.15, 0.2) is 0 Å². The van der Waals surface area contributed by atoms with E-state index in [0.29, 0.717) is 11.4 Å². The van der Waals surface area contributed by atoms with Crippen LogP contribution in [0.4, 0.5) is 11.4 Å². The summed E-state index contributed by atoms with van der Waals surface area (Å²) in [6, 6.07) is 17.0. The summed E-state index contributed by atoms with van der Waals surface area (Å²) in [5.74, 6) is 0.336. The van der Waals surface area contributed by atoms with Crippen molar-refractivity contribution in [3.8, 4) is 11.1 Å². The Morgan fingerprint density at radius 2 is 1.64 bits per heavy atom. The minimum atomic E-state index is -0.432. The Kier molecular flexibility index (Phi) is 4.71. The fourth-order valence-electron chi connectivity index (χ4n) is 2.25. The van der Waals surface area contributed by atoms with Gasteiger partial charge in [-0.25, -0.2) is 0 Å². The van der Waals surface area contributed by atoms with Crippen LogP contribution < -0.4 is 5.32 Å². The lowest BCUT2D eigenvalue weighted by Gasteiger charge is -2.05. The normalized spacial score (nSPS) is 10.7. The van der Waals surface area contributed by atoms with E-state index in [4.69, 9.17) is 4.42 Å². The molecule has 25 heavy (non-hydrogen) atoms. The number of anilines is 1. The van der Waals surface area contributed by atoms with Gasteiger partial charge < -0.3 is 9.73 Å². The van der Waals surface area contributed by atoms with Crippen LogP contribution in [0.5, 0.6) is 0 Å². The van der Waals surface area contributed by atoms with Gasteiger partial charge in [0.05, 0.1) is 11.2 Å². The zero-order valence-electron chi connectivity index (χ0n) is 13.1. The van der Waals surface area contributed by atoms with Crippen molar-refractivity contribution < 1.29 is 14.1 Å². The molecule has 3 aromatic rings. The number of carbonyl (C=O) groups is 1. The summed E-state index contributed by atoms with van der Waals surface area (Å²) in [4.78, 5) is 22.1. The molecule has 0 bridgehead atoms. The number of benzene rings is 2. The number of carbonyl (C=O) groups excluding carboxylic acids is 1. The summed E-state index contributed by atoms with van der Waals surface area (Å²) in [6.45, 7) is 0. The molecule has 0 saturated carbocycles. The lowest BCUT2D eigenvalue weighted by molar-refractivity contribution is -0.384. The van der Waals surface area contributed by atoms with E-state index in [0.717, 1.165) is 11.1 Å². The molecular weight excluding hydrogens is 320 g/mol. The molecule has 1 aromatic heterocycles. The van der Waals surface area contributed by atoms with Gasteiger partial charge in [0, 0.05) is 23.9 Å². The molecule has 0 aliphatic rings. The summed E-state index contributed by atoms with van der Waals surface area (Å²) in [6.07, 6.45) is 4.51. The van der Waals surface area contributed by atoms with Crippen molar-refractivity contribution >= 4 is 23.4 Å². The van der Waals surface area contributed by atoms with E-state index in [1.807, 2.05) is 12.1 Å². The molecule has 1 heterocycles. The summed E-state index contributed by atoms with van der Waals surface area (Å²) >= 11 is 0. The lowest BCUT2D eigenvalue weighted by Crippen LogP contribution is -2.07. The Morgan fingerprint density at radius 1 is 1.00 bits per heavy atom. The van der Waals surface area contributed by atoms with Gasteiger partial charge in [-0.05, 0) is 53.6 Å². The molecule has 3 rings (SSSR count). The molecule has 0 radical (unpaired) electrons. The zero-order chi connectivity index (χ0) is 17.6. The number of nitro groups is 1. The predicted molar refractivity (Wildman–Crippen MR) is 94.9 cm³/mol. The highest BCUT2D eigenvalue weighted by Gasteiger charge is 2.05. The van der Waals surface area contributed by atoms with Gasteiger partial charge in [0.25, 0.3) is 5.69 Å². The SMILES string of the molecule is O=C(/C=C/c1ccco1)Nc1ccc(-c2ccc([N+](=O)[O-])cc2)cc1. The van der Waals surface area contributed by atoms with Gasteiger partial charge in [-0.2, -0.15) is 0 Å². The maximum absolute atomic E-state index is 11.9. The molecule has 6 heteroatoms. The van der Waals surface area contributed by atoms with Crippen LogP contribution in [0.15, 0.2) is 77.4 Å². The average molecular weight is 334 g/mol. The van der Waals surface area contributed by atoms with Crippen LogP contribution in [0, 0.1) is 10.1 Å². The van der Waals surface area contributed by atoms with Crippen molar-refractivity contribution in [2.24, 2.45) is 0 Å². The Balaban J connectivity index is 1.65. The van der Waals surface area contributed by atoms with Crippen molar-refractivity contribution in [3.05, 3.63) is 88.9 Å². The highest BCUT2D eigenvalue weighted by Crippen LogP contribution is 2.23. The molecule has 1 N–H and O–H groups in total. The first-order chi connectivity index (χ1) is 12.1. The highest BCUT2D eigenvalue weighted by molar-refractivity contribution is 6.01. The third-order valence-corrected chi connectivity index (χ3v) is 3.51. The topological polar surface area (TPSA) is 85.4 Å². The number of hydrogen-bond donors (Lipinski definition) is 1. The van der Waals surface area contributed by atoms with Crippen LogP contribution in [0.25, 0.3) is 17.2 Å². The number of rotatable bonds is 5. The van der Waals surface area contributed by atoms with Crippen LogP contribution in [0.3, 0.4) is 0 Å². The maximum atomic E-state index is 11.9. The largest absolute Gasteiger partial charge is 0.465 e. The summed E-state index contributed by atoms with van der Waals surface area (Å²) in [7, 11) is 0. The molecule has 0 saturated heterocycles. The van der Waals surface area contributed by atoms with E-state index in [1.165, 1.54) is 24.5 Å². The minimum Gasteiger partial charge on any atom is -0.465 e. The second kappa shape index (κ2) is 7.27. The van der Waals surface area contributed by atoms with Crippen LogP contribution >= 0.6 is 0 Å². The standard InChI is InChI=1S/C19H14N2O4/c22-19(12-11-18-2-1-13-25-18)20-16-7-3-14(4-8-16)15-5-9-17(10-6-15)21(23)24/h1-13H,(H,20,22)/b12-11+. The molecule has 6 nitrogen and oxygen atoms in total. The number of nitro benzene ring substituents is 1. The van der Waals surface area contributed by atoms with Crippen molar-refractivity contribution in [1.29, 1.82) is 0 Å². The van der Waals surface area contributed by atoms with E-state index in [9.17, 15) is 14.9 Å². The number of nitrogens with one attached hydrogen (secondary N) is 1. The monoisotopic (exact) mass is 334 g/mol. The molecular formula is C19H14N2O4. The van der Waals surface area contributed by atoms with Gasteiger partial charge in [-0.15, -0.1) is 0 Å². The number of hydrogen-bond acceptors (Lipinski definition) is 4. The fraction of sp³-hybridized carbons (Fsp3) is 0. The smallest absolute Gasteiger partial charge is 0.269 e. The van der Waals surface area contributed by atoms with Crippen LogP contribution in [-0.2, 0) is 4.79 Å². The Hall–Kier alpha value is -3.67. The quantitative estimate of drug-likeness (QED) is 0.423. The predicted octanol–water partition coefficient (Wildman–Crippen LogP) is 4.51. The van der Waals surface area contributed by atoms with Gasteiger partial charge in [-0.3, -0.25) is 14.9 Å². The molecule has 0 spiro atoms. The molecule has 0 fully saturated rings. The van der Waals surface area contributed by atoms with Crippen LogP contribution in [0.2, 0.25) is 0 Å². The first-order valence-corrected chi connectivity index (χ1v) is 7.49. The third-order valence-electron chi connectivity index (χ3n) is 3.51. The van der Waals surface area contributed by atoms with Crippen molar-refractivity contribution in [1.82, 2.24) is 0 Å². The van der Waals surface area contributed by atoms with Gasteiger partial charge in [0.2, 0.25) is 5.91 Å². The number of furan rings is 1. The van der Waals surface area contributed by atoms with Crippen molar-refractivity contribution in [2.75, 3.05) is 5.32 Å².